The summed E-state index contributed by atoms with van der Waals surface area (Å²) in [5, 5.41) is 12.5. The molecule has 5 heteroatoms. The average molecular weight is 239 g/mol. The summed E-state index contributed by atoms with van der Waals surface area (Å²) >= 11 is 0. The van der Waals surface area contributed by atoms with Crippen molar-refractivity contribution < 1.29 is 19.4 Å². The van der Waals surface area contributed by atoms with Crippen LogP contribution in [0.1, 0.15) is 18.6 Å². The molecule has 0 spiro atoms. The third-order valence-electron chi connectivity index (χ3n) is 2.34. The molecule has 1 amide bonds. The molecule has 1 unspecified atom stereocenters. The van der Waals surface area contributed by atoms with E-state index in [1.165, 1.54) is 14.0 Å². The van der Waals surface area contributed by atoms with Gasteiger partial charge in [0.2, 0.25) is 5.91 Å². The van der Waals surface area contributed by atoms with Crippen LogP contribution in [-0.4, -0.2) is 31.8 Å². The highest BCUT2D eigenvalue weighted by atomic mass is 16.5. The largest absolute Gasteiger partial charge is 0.497 e. The van der Waals surface area contributed by atoms with E-state index in [4.69, 9.17) is 9.47 Å². The number of hydrogen-bond donors (Lipinski definition) is 2. The number of nitrogens with one attached hydrogen (secondary N) is 1. The van der Waals surface area contributed by atoms with Gasteiger partial charge in [0.05, 0.1) is 20.3 Å². The Morgan fingerprint density at radius 3 is 2.65 bits per heavy atom. The second-order valence-corrected chi connectivity index (χ2v) is 3.56. The Hall–Kier alpha value is -1.75. The van der Waals surface area contributed by atoms with Crippen LogP contribution in [0.2, 0.25) is 0 Å². The van der Waals surface area contributed by atoms with Gasteiger partial charge >= 0.3 is 0 Å². The molecule has 0 bridgehead atoms. The van der Waals surface area contributed by atoms with E-state index in [-0.39, 0.29) is 12.5 Å². The van der Waals surface area contributed by atoms with E-state index in [0.29, 0.717) is 17.1 Å². The van der Waals surface area contributed by atoms with Crippen LogP contribution in [0.25, 0.3) is 0 Å². The maximum atomic E-state index is 10.8. The number of methoxy groups -OCH3 is 2. The maximum absolute atomic E-state index is 10.8. The second kappa shape index (κ2) is 6.10. The second-order valence-electron chi connectivity index (χ2n) is 3.56. The molecule has 1 rings (SSSR count). The Morgan fingerprint density at radius 2 is 2.12 bits per heavy atom. The van der Waals surface area contributed by atoms with Crippen molar-refractivity contribution in [2.45, 2.75) is 13.0 Å². The molecule has 5 nitrogen and oxygen atoms in total. The van der Waals surface area contributed by atoms with Crippen LogP contribution < -0.4 is 14.8 Å². The van der Waals surface area contributed by atoms with Crippen LogP contribution in [0.4, 0.5) is 0 Å². The van der Waals surface area contributed by atoms with Crippen LogP contribution >= 0.6 is 0 Å². The van der Waals surface area contributed by atoms with Crippen molar-refractivity contribution in [3.63, 3.8) is 0 Å². The Balaban J connectivity index is 2.84. The lowest BCUT2D eigenvalue weighted by Gasteiger charge is -2.15. The van der Waals surface area contributed by atoms with E-state index < -0.39 is 6.10 Å². The van der Waals surface area contributed by atoms with Gasteiger partial charge in [0, 0.05) is 25.1 Å². The first-order valence-electron chi connectivity index (χ1n) is 5.23. The summed E-state index contributed by atoms with van der Waals surface area (Å²) in [6, 6.07) is 5.13. The van der Waals surface area contributed by atoms with Gasteiger partial charge in [-0.1, -0.05) is 0 Å². The van der Waals surface area contributed by atoms with E-state index in [9.17, 15) is 9.90 Å². The average Bonchev–Trinajstić information content (AvgIpc) is 2.34. The summed E-state index contributed by atoms with van der Waals surface area (Å²) in [5.74, 6) is 0.996. The Morgan fingerprint density at radius 1 is 1.41 bits per heavy atom. The normalized spacial score (nSPS) is 11.8. The molecule has 0 radical (unpaired) electrons. The van der Waals surface area contributed by atoms with E-state index in [1.54, 1.807) is 25.3 Å². The fourth-order valence-corrected chi connectivity index (χ4v) is 1.44. The van der Waals surface area contributed by atoms with Gasteiger partial charge in [-0.2, -0.15) is 0 Å². The van der Waals surface area contributed by atoms with Crippen LogP contribution in [0.3, 0.4) is 0 Å². The monoisotopic (exact) mass is 239 g/mol. The number of rotatable bonds is 5. The van der Waals surface area contributed by atoms with Crippen LogP contribution in [0.15, 0.2) is 18.2 Å². The highest BCUT2D eigenvalue weighted by molar-refractivity contribution is 5.72. The van der Waals surface area contributed by atoms with Gasteiger partial charge in [-0.15, -0.1) is 0 Å². The zero-order valence-corrected chi connectivity index (χ0v) is 10.2. The smallest absolute Gasteiger partial charge is 0.216 e. The number of carbonyl (C=O) groups is 1. The molecule has 0 aromatic heterocycles. The number of amides is 1. The summed E-state index contributed by atoms with van der Waals surface area (Å²) in [6.45, 7) is 1.55. The van der Waals surface area contributed by atoms with Gasteiger partial charge in [-0.05, 0) is 12.1 Å². The molecular formula is C12H17NO4. The molecule has 1 atom stereocenters. The minimum absolute atomic E-state index is 0.151. The van der Waals surface area contributed by atoms with Gasteiger partial charge in [-0.3, -0.25) is 4.79 Å². The summed E-state index contributed by atoms with van der Waals surface area (Å²) in [4.78, 5) is 10.8. The fraction of sp³-hybridized carbons (Fsp3) is 0.417. The molecule has 0 saturated heterocycles. The van der Waals surface area contributed by atoms with E-state index in [0.717, 1.165) is 0 Å². The van der Waals surface area contributed by atoms with Crippen LogP contribution in [0, 0.1) is 0 Å². The fourth-order valence-electron chi connectivity index (χ4n) is 1.44. The topological polar surface area (TPSA) is 67.8 Å². The van der Waals surface area contributed by atoms with Crippen molar-refractivity contribution in [1.82, 2.24) is 5.32 Å². The summed E-state index contributed by atoms with van der Waals surface area (Å²) in [5.41, 5.74) is 0.613. The molecule has 0 fully saturated rings. The van der Waals surface area contributed by atoms with Crippen molar-refractivity contribution >= 4 is 5.91 Å². The van der Waals surface area contributed by atoms with E-state index in [2.05, 4.69) is 5.32 Å². The molecule has 94 valence electrons. The minimum Gasteiger partial charge on any atom is -0.497 e. The highest BCUT2D eigenvalue weighted by Crippen LogP contribution is 2.29. The summed E-state index contributed by atoms with van der Waals surface area (Å²) < 4.78 is 10.2. The quantitative estimate of drug-likeness (QED) is 0.800. The maximum Gasteiger partial charge on any atom is 0.216 e. The lowest BCUT2D eigenvalue weighted by Crippen LogP contribution is -2.26. The number of aliphatic hydroxyl groups excluding tert-OH is 1. The zero-order valence-electron chi connectivity index (χ0n) is 10.2. The molecule has 0 aliphatic heterocycles. The van der Waals surface area contributed by atoms with Crippen LogP contribution in [0.5, 0.6) is 11.5 Å². The van der Waals surface area contributed by atoms with Gasteiger partial charge in [-0.25, -0.2) is 0 Å². The SMILES string of the molecule is COc1ccc(C(O)CNC(C)=O)c(OC)c1. The minimum atomic E-state index is -0.806. The predicted octanol–water partition coefficient (Wildman–Crippen LogP) is 0.873. The first kappa shape index (κ1) is 13.3. The molecule has 1 aromatic rings. The molecule has 2 N–H and O–H groups in total. The highest BCUT2D eigenvalue weighted by Gasteiger charge is 2.14. The molecule has 0 heterocycles. The Bertz CT molecular complexity index is 392. The van der Waals surface area contributed by atoms with E-state index >= 15 is 0 Å². The number of ether oxygens (including phenoxy) is 2. The lowest BCUT2D eigenvalue weighted by molar-refractivity contribution is -0.119. The van der Waals surface area contributed by atoms with Gasteiger partial charge in [0.15, 0.2) is 0 Å². The lowest BCUT2D eigenvalue weighted by atomic mass is 10.1. The third-order valence-corrected chi connectivity index (χ3v) is 2.34. The van der Waals surface area contributed by atoms with Gasteiger partial charge in [0.25, 0.3) is 0 Å². The summed E-state index contributed by atoms with van der Waals surface area (Å²) in [6.07, 6.45) is -0.806. The first-order valence-corrected chi connectivity index (χ1v) is 5.23. The molecule has 0 aliphatic carbocycles. The number of aliphatic hydroxyl groups is 1. The molecular weight excluding hydrogens is 222 g/mol. The molecule has 17 heavy (non-hydrogen) atoms. The Labute approximate surface area is 100 Å². The van der Waals surface area contributed by atoms with Crippen molar-refractivity contribution in [3.05, 3.63) is 23.8 Å². The zero-order chi connectivity index (χ0) is 12.8. The van der Waals surface area contributed by atoms with Gasteiger partial charge in [0.1, 0.15) is 11.5 Å². The first-order chi connectivity index (χ1) is 8.08. The number of carbonyl (C=O) groups excluding carboxylic acids is 1. The molecule has 0 aliphatic rings. The van der Waals surface area contributed by atoms with Gasteiger partial charge < -0.3 is 19.9 Å². The van der Waals surface area contributed by atoms with Crippen molar-refractivity contribution in [1.29, 1.82) is 0 Å². The van der Waals surface area contributed by atoms with Crippen molar-refractivity contribution in [3.8, 4) is 11.5 Å². The van der Waals surface area contributed by atoms with Crippen molar-refractivity contribution in [2.75, 3.05) is 20.8 Å². The van der Waals surface area contributed by atoms with Crippen molar-refractivity contribution in [2.24, 2.45) is 0 Å². The molecule has 0 saturated carbocycles. The number of benzene rings is 1. The molecule has 1 aromatic carbocycles. The van der Waals surface area contributed by atoms with Crippen LogP contribution in [-0.2, 0) is 4.79 Å². The standard InChI is InChI=1S/C12H17NO4/c1-8(14)13-7-11(15)10-5-4-9(16-2)6-12(10)17-3/h4-6,11,15H,7H2,1-3H3,(H,13,14). The van der Waals surface area contributed by atoms with E-state index in [1.807, 2.05) is 0 Å². The number of hydrogen-bond acceptors (Lipinski definition) is 4. The third kappa shape index (κ3) is 3.64. The predicted molar refractivity (Wildman–Crippen MR) is 63.2 cm³/mol. The Kier molecular flexibility index (Phi) is 4.78. The summed E-state index contributed by atoms with van der Waals surface area (Å²) in [7, 11) is 3.07.